The molecule has 1 aliphatic carbocycles. The van der Waals surface area contributed by atoms with Crippen molar-refractivity contribution < 1.29 is 15.0 Å². The highest BCUT2D eigenvalue weighted by atomic mass is 16.3. The first-order chi connectivity index (χ1) is 14.6. The van der Waals surface area contributed by atoms with Crippen molar-refractivity contribution in [3.8, 4) is 11.3 Å². The monoisotopic (exact) mass is 405 g/mol. The average molecular weight is 405 g/mol. The molecule has 0 bridgehead atoms. The Bertz CT molecular complexity index is 1020. The highest BCUT2D eigenvalue weighted by molar-refractivity contribution is 5.99. The van der Waals surface area contributed by atoms with Gasteiger partial charge in [-0.05, 0) is 55.3 Å². The third-order valence-corrected chi connectivity index (χ3v) is 4.82. The zero-order valence-electron chi connectivity index (χ0n) is 16.3. The van der Waals surface area contributed by atoms with E-state index in [1.165, 1.54) is 0 Å². The minimum Gasteiger partial charge on any atom is -0.395 e. The number of hydrogen-bond donors (Lipinski definition) is 5. The van der Waals surface area contributed by atoms with E-state index in [4.69, 9.17) is 5.11 Å². The van der Waals surface area contributed by atoms with Gasteiger partial charge < -0.3 is 26.2 Å². The smallest absolute Gasteiger partial charge is 0.256 e. The number of carbonyl (C=O) groups is 1. The molecule has 154 valence electrons. The van der Waals surface area contributed by atoms with Crippen LogP contribution in [0.15, 0.2) is 60.8 Å². The summed E-state index contributed by atoms with van der Waals surface area (Å²) in [6.45, 7) is 0.581. The highest BCUT2D eigenvalue weighted by Crippen LogP contribution is 2.36. The Hall–Kier alpha value is -3.49. The Labute approximate surface area is 174 Å². The molecule has 1 aromatic heterocycles. The number of aromatic nitrogens is 2. The van der Waals surface area contributed by atoms with Crippen LogP contribution in [-0.4, -0.2) is 44.8 Å². The number of carbonyl (C=O) groups excluding carboxylic acids is 1. The second-order valence-corrected chi connectivity index (χ2v) is 7.18. The van der Waals surface area contributed by atoms with Gasteiger partial charge in [0.05, 0.1) is 12.3 Å². The normalized spacial score (nSPS) is 14.1. The number of amides is 1. The van der Waals surface area contributed by atoms with Gasteiger partial charge >= 0.3 is 0 Å². The summed E-state index contributed by atoms with van der Waals surface area (Å²) in [7, 11) is 0. The fourth-order valence-corrected chi connectivity index (χ4v) is 2.90. The molecular formula is C22H23N5O3. The molecule has 0 radical (unpaired) electrons. The van der Waals surface area contributed by atoms with Crippen molar-refractivity contribution in [3.63, 3.8) is 0 Å². The van der Waals surface area contributed by atoms with Crippen molar-refractivity contribution in [1.82, 2.24) is 9.97 Å². The van der Waals surface area contributed by atoms with Gasteiger partial charge in [-0.2, -0.15) is 0 Å². The summed E-state index contributed by atoms with van der Waals surface area (Å²) in [5.74, 6) is 0.109. The molecule has 1 saturated carbocycles. The van der Waals surface area contributed by atoms with Crippen molar-refractivity contribution in [2.75, 3.05) is 29.1 Å². The van der Waals surface area contributed by atoms with E-state index in [2.05, 4.69) is 25.9 Å². The van der Waals surface area contributed by atoms with E-state index in [1.54, 1.807) is 18.3 Å². The van der Waals surface area contributed by atoms with Gasteiger partial charge in [0.25, 0.3) is 5.91 Å². The van der Waals surface area contributed by atoms with Gasteiger partial charge in [-0.1, -0.05) is 12.1 Å². The van der Waals surface area contributed by atoms with Gasteiger partial charge in [0.15, 0.2) is 0 Å². The molecular weight excluding hydrogens is 382 g/mol. The van der Waals surface area contributed by atoms with Gasteiger partial charge in [0.2, 0.25) is 5.95 Å². The van der Waals surface area contributed by atoms with E-state index in [9.17, 15) is 9.90 Å². The molecule has 1 amide bonds. The topological polar surface area (TPSA) is 119 Å². The Balaban J connectivity index is 1.42. The van der Waals surface area contributed by atoms with Crippen LogP contribution in [0.3, 0.4) is 0 Å². The second kappa shape index (κ2) is 8.48. The van der Waals surface area contributed by atoms with E-state index in [0.29, 0.717) is 31.0 Å². The number of anilines is 4. The van der Waals surface area contributed by atoms with Crippen LogP contribution in [0, 0.1) is 0 Å². The molecule has 3 aromatic rings. The lowest BCUT2D eigenvalue weighted by molar-refractivity contribution is -0.125. The van der Waals surface area contributed by atoms with Crippen LogP contribution >= 0.6 is 0 Å². The van der Waals surface area contributed by atoms with Crippen LogP contribution in [0.5, 0.6) is 0 Å². The van der Waals surface area contributed by atoms with Crippen molar-refractivity contribution in [2.45, 2.75) is 18.4 Å². The lowest BCUT2D eigenvalue weighted by Gasteiger charge is -2.10. The van der Waals surface area contributed by atoms with Gasteiger partial charge in [-0.3, -0.25) is 4.79 Å². The summed E-state index contributed by atoms with van der Waals surface area (Å²) in [6.07, 6.45) is 2.70. The molecule has 30 heavy (non-hydrogen) atoms. The number of nitrogens with one attached hydrogen (secondary N) is 3. The lowest BCUT2D eigenvalue weighted by Crippen LogP contribution is -2.29. The van der Waals surface area contributed by atoms with E-state index in [-0.39, 0.29) is 12.5 Å². The van der Waals surface area contributed by atoms with E-state index < -0.39 is 5.60 Å². The number of benzene rings is 2. The summed E-state index contributed by atoms with van der Waals surface area (Å²) in [4.78, 5) is 20.8. The molecule has 2 aromatic carbocycles. The Morgan fingerprint density at radius 3 is 2.30 bits per heavy atom. The van der Waals surface area contributed by atoms with E-state index >= 15 is 0 Å². The maximum atomic E-state index is 11.9. The first-order valence-electron chi connectivity index (χ1n) is 9.75. The van der Waals surface area contributed by atoms with Crippen LogP contribution in [-0.2, 0) is 4.79 Å². The predicted octanol–water partition coefficient (Wildman–Crippen LogP) is 2.75. The summed E-state index contributed by atoms with van der Waals surface area (Å²) in [5.41, 5.74) is 2.83. The van der Waals surface area contributed by atoms with E-state index in [1.807, 2.05) is 42.5 Å². The van der Waals surface area contributed by atoms with E-state index in [0.717, 1.165) is 22.6 Å². The molecule has 0 saturated heterocycles. The molecule has 0 spiro atoms. The summed E-state index contributed by atoms with van der Waals surface area (Å²) < 4.78 is 0. The molecule has 1 aliphatic rings. The Kier molecular flexibility index (Phi) is 5.60. The standard InChI is InChI=1S/C22H23N5O3/c28-14-13-23-16-5-7-18(8-6-16)26-21-24-12-9-19(27-21)15-1-3-17(4-2-15)25-20(29)22(30)10-11-22/h1-9,12,23,28,30H,10-11,13-14H2,(H,25,29)(H,24,26,27). The molecule has 4 rings (SSSR count). The summed E-state index contributed by atoms with van der Waals surface area (Å²) in [6, 6.07) is 16.7. The van der Waals surface area contributed by atoms with Crippen LogP contribution < -0.4 is 16.0 Å². The minimum absolute atomic E-state index is 0.0796. The molecule has 8 nitrogen and oxygen atoms in total. The Morgan fingerprint density at radius 2 is 1.63 bits per heavy atom. The van der Waals surface area contributed by atoms with Gasteiger partial charge in [0.1, 0.15) is 5.60 Å². The van der Waals surface area contributed by atoms with Crippen LogP contribution in [0.4, 0.5) is 23.0 Å². The number of hydrogen-bond acceptors (Lipinski definition) is 7. The third kappa shape index (κ3) is 4.73. The number of nitrogens with zero attached hydrogens (tertiary/aromatic N) is 2. The molecule has 5 N–H and O–H groups in total. The number of rotatable bonds is 8. The molecule has 1 fully saturated rings. The molecule has 1 heterocycles. The quantitative estimate of drug-likeness (QED) is 0.391. The Morgan fingerprint density at radius 1 is 0.967 bits per heavy atom. The van der Waals surface area contributed by atoms with Crippen LogP contribution in [0.25, 0.3) is 11.3 Å². The molecule has 0 unspecified atom stereocenters. The SMILES string of the molecule is O=C(Nc1ccc(-c2ccnc(Nc3ccc(NCCO)cc3)n2)cc1)C1(O)CC1. The third-order valence-electron chi connectivity index (χ3n) is 4.82. The number of aliphatic hydroxyl groups excluding tert-OH is 1. The predicted molar refractivity (Wildman–Crippen MR) is 116 cm³/mol. The molecule has 8 heteroatoms. The maximum absolute atomic E-state index is 11.9. The zero-order chi connectivity index (χ0) is 21.0. The lowest BCUT2D eigenvalue weighted by atomic mass is 10.1. The first-order valence-corrected chi connectivity index (χ1v) is 9.75. The van der Waals surface area contributed by atoms with Crippen LogP contribution in [0.2, 0.25) is 0 Å². The second-order valence-electron chi connectivity index (χ2n) is 7.18. The first kappa shape index (κ1) is 19.8. The van der Waals surface area contributed by atoms with Crippen molar-refractivity contribution >= 4 is 28.9 Å². The van der Waals surface area contributed by atoms with Crippen molar-refractivity contribution in [2.24, 2.45) is 0 Å². The summed E-state index contributed by atoms with van der Waals surface area (Å²) >= 11 is 0. The number of aliphatic hydroxyl groups is 2. The average Bonchev–Trinajstić information content (AvgIpc) is 3.53. The summed E-state index contributed by atoms with van der Waals surface area (Å²) in [5, 5.41) is 27.7. The van der Waals surface area contributed by atoms with Crippen LogP contribution in [0.1, 0.15) is 12.8 Å². The maximum Gasteiger partial charge on any atom is 0.256 e. The molecule has 0 aliphatic heterocycles. The highest BCUT2D eigenvalue weighted by Gasteiger charge is 2.48. The van der Waals surface area contributed by atoms with Crippen molar-refractivity contribution in [3.05, 3.63) is 60.8 Å². The van der Waals surface area contributed by atoms with Crippen molar-refractivity contribution in [1.29, 1.82) is 0 Å². The fraction of sp³-hybridized carbons (Fsp3) is 0.227. The zero-order valence-corrected chi connectivity index (χ0v) is 16.3. The van der Waals surface area contributed by atoms with Gasteiger partial charge in [-0.15, -0.1) is 0 Å². The van der Waals surface area contributed by atoms with Gasteiger partial charge in [0, 0.05) is 35.4 Å². The minimum atomic E-state index is -1.20. The van der Waals surface area contributed by atoms with Gasteiger partial charge in [-0.25, -0.2) is 9.97 Å². The fourth-order valence-electron chi connectivity index (χ4n) is 2.90. The molecule has 0 atom stereocenters. The largest absolute Gasteiger partial charge is 0.395 e.